The van der Waals surface area contributed by atoms with Crippen LogP contribution in [0.4, 0.5) is 0 Å². The Bertz CT molecular complexity index is 1880. The zero-order valence-electron chi connectivity index (χ0n) is 57.7. The molecule has 0 N–H and O–H groups in total. The molecule has 0 aromatic carbocycles. The third-order valence-electron chi connectivity index (χ3n) is 7.07. The summed E-state index contributed by atoms with van der Waals surface area (Å²) in [5, 5.41) is 0. The van der Waals surface area contributed by atoms with Gasteiger partial charge < -0.3 is 47.4 Å². The second-order valence-electron chi connectivity index (χ2n) is 18.5. The predicted octanol–water partition coefficient (Wildman–Crippen LogP) is 19.8. The fourth-order valence-electron chi connectivity index (χ4n) is 2.86. The summed E-state index contributed by atoms with van der Waals surface area (Å²) in [6, 6.07) is 0. The summed E-state index contributed by atoms with van der Waals surface area (Å²) in [4.78, 5) is 112. The van der Waals surface area contributed by atoms with Gasteiger partial charge in [-0.1, -0.05) is 226 Å². The molecule has 0 rings (SSSR count). The standard InChI is InChI=1S/2C7H13NO2.3C7H12O2.2C6H11NO2.3C6H10O2.16CH4/c2*1-6(2)7(9)10-5-8(3)4;3*1-4-5-9-7(8)6(2)3;2*1-4-6(8)9-5-7(2)3;3*1-3-5-8-6(7)4-2;;;;;;;;;;;;;;;;/h2*1,5H2,2-4H3;3*2,4-5H2,1,3H3;2*4H,1,5H2,2-3H3;3*4H,2-3,5H2,1H3;16*1H4. The van der Waals surface area contributed by atoms with Crippen LogP contribution >= 0.6 is 0 Å². The number of ether oxygens (including phenoxy) is 10. The van der Waals surface area contributed by atoms with Gasteiger partial charge in [0.2, 0.25) is 0 Å². The maximum atomic E-state index is 10.7. The van der Waals surface area contributed by atoms with Gasteiger partial charge in [-0.25, -0.2) is 47.9 Å². The summed E-state index contributed by atoms with van der Waals surface area (Å²) >= 11 is 0. The van der Waals surface area contributed by atoms with E-state index in [4.69, 9.17) is 23.7 Å². The van der Waals surface area contributed by atoms with E-state index in [1.54, 1.807) is 54.2 Å². The molecule has 642 valence electrons. The molecule has 24 nitrogen and oxygen atoms in total. The maximum Gasteiger partial charge on any atom is 0.334 e. The van der Waals surface area contributed by atoms with Crippen LogP contribution in [0.5, 0.6) is 0 Å². The fourth-order valence-corrected chi connectivity index (χ4v) is 2.86. The first-order valence-corrected chi connectivity index (χ1v) is 28.1. The van der Waals surface area contributed by atoms with E-state index in [1.165, 1.54) is 0 Å². The lowest BCUT2D eigenvalue weighted by Gasteiger charge is -2.09. The van der Waals surface area contributed by atoms with E-state index in [-0.39, 0.29) is 179 Å². The monoisotopic (exact) mass is 1530 g/mol. The molecule has 0 aliphatic carbocycles. The van der Waals surface area contributed by atoms with Crippen LogP contribution in [0.15, 0.2) is 124 Å². The molecule has 0 unspecified atom stereocenters. The van der Waals surface area contributed by atoms with Crippen molar-refractivity contribution in [1.29, 1.82) is 0 Å². The number of hydrogen-bond acceptors (Lipinski definition) is 24. The third-order valence-corrected chi connectivity index (χ3v) is 7.07. The molecule has 0 amide bonds. The summed E-state index contributed by atoms with van der Waals surface area (Å²) in [6.07, 6.45) is 10.9. The van der Waals surface area contributed by atoms with E-state index >= 15 is 0 Å². The first-order chi connectivity index (χ1) is 41.4. The minimum absolute atomic E-state index is 0. The van der Waals surface area contributed by atoms with Crippen molar-refractivity contribution in [1.82, 2.24) is 19.6 Å². The number of carbonyl (C=O) groups excluding carboxylic acids is 10. The Morgan fingerprint density at radius 1 is 0.229 bits per heavy atom. The predicted molar refractivity (Wildman–Crippen MR) is 459 cm³/mol. The lowest BCUT2D eigenvalue weighted by atomic mass is 10.4. The molecule has 105 heavy (non-hydrogen) atoms. The van der Waals surface area contributed by atoms with Crippen molar-refractivity contribution in [3.63, 3.8) is 0 Å². The van der Waals surface area contributed by atoms with E-state index in [0.29, 0.717) is 94.4 Å². The average molecular weight is 1530 g/mol. The number of esters is 10. The first-order valence-electron chi connectivity index (χ1n) is 28.1. The zero-order chi connectivity index (χ0) is 71.9. The average Bonchev–Trinajstić information content (AvgIpc) is 1.50. The zero-order valence-corrected chi connectivity index (χ0v) is 57.7. The Balaban J connectivity index is -0.0000000271. The molecule has 0 aliphatic rings. The van der Waals surface area contributed by atoms with Crippen molar-refractivity contribution in [3.8, 4) is 0 Å². The number of hydrogen-bond donors (Lipinski definition) is 0. The van der Waals surface area contributed by atoms with Crippen LogP contribution in [0.2, 0.25) is 0 Å². The van der Waals surface area contributed by atoms with Crippen LogP contribution in [0.25, 0.3) is 0 Å². The summed E-state index contributed by atoms with van der Waals surface area (Å²) in [5.41, 5.74) is 2.25. The molecule has 0 saturated heterocycles. The van der Waals surface area contributed by atoms with E-state index in [9.17, 15) is 47.9 Å². The number of carbonyl (C=O) groups is 10. The Morgan fingerprint density at radius 2 is 0.343 bits per heavy atom. The minimum atomic E-state index is -0.385. The Morgan fingerprint density at radius 3 is 0.457 bits per heavy atom. The summed E-state index contributed by atoms with van der Waals surface area (Å²) in [7, 11) is 14.6. The van der Waals surface area contributed by atoms with Crippen LogP contribution in [0, 0.1) is 0 Å². The highest BCUT2D eigenvalue weighted by Crippen LogP contribution is 1.96. The highest BCUT2D eigenvalue weighted by atomic mass is 16.6. The van der Waals surface area contributed by atoms with Crippen LogP contribution < -0.4 is 0 Å². The van der Waals surface area contributed by atoms with Gasteiger partial charge in [0.1, 0.15) is 26.9 Å². The smallest absolute Gasteiger partial charge is 0.334 e. The largest absolute Gasteiger partial charge is 0.463 e. The van der Waals surface area contributed by atoms with Gasteiger partial charge in [0, 0.05) is 58.2 Å². The van der Waals surface area contributed by atoms with E-state index in [1.807, 2.05) is 97.9 Å². The topological polar surface area (TPSA) is 276 Å². The van der Waals surface area contributed by atoms with Crippen molar-refractivity contribution in [2.75, 3.05) is 123 Å². The molecule has 0 spiro atoms. The third kappa shape index (κ3) is 195. The van der Waals surface area contributed by atoms with Crippen LogP contribution in [-0.4, -0.2) is 202 Å². The van der Waals surface area contributed by atoms with Crippen molar-refractivity contribution >= 4 is 59.7 Å². The molecule has 0 saturated carbocycles. The van der Waals surface area contributed by atoms with Gasteiger partial charge >= 0.3 is 59.7 Å². The molecular formula is C81H178N4O20. The molecule has 0 aromatic heterocycles. The molecule has 0 atom stereocenters. The highest BCUT2D eigenvalue weighted by Gasteiger charge is 2.04. The first kappa shape index (κ1) is 177. The number of nitrogens with zero attached hydrogens (tertiary/aromatic N) is 4. The molecule has 0 bridgehead atoms. The molecule has 0 radical (unpaired) electrons. The van der Waals surface area contributed by atoms with Crippen molar-refractivity contribution < 1.29 is 95.3 Å². The van der Waals surface area contributed by atoms with Crippen LogP contribution in [-0.2, 0) is 95.3 Å². The van der Waals surface area contributed by atoms with Gasteiger partial charge in [0.05, 0.1) is 39.6 Å². The highest BCUT2D eigenvalue weighted by molar-refractivity contribution is 5.88. The lowest BCUT2D eigenvalue weighted by molar-refractivity contribution is -0.143. The van der Waals surface area contributed by atoms with Crippen molar-refractivity contribution in [2.45, 2.75) is 234 Å². The summed E-state index contributed by atoms with van der Waals surface area (Å²) in [5.74, 6) is -3.36. The second-order valence-corrected chi connectivity index (χ2v) is 18.5. The second kappa shape index (κ2) is 135. The van der Waals surface area contributed by atoms with Gasteiger partial charge in [-0.05, 0) is 130 Å². The molecule has 0 heterocycles. The minimum Gasteiger partial charge on any atom is -0.463 e. The Labute approximate surface area is 652 Å². The van der Waals surface area contributed by atoms with Crippen LogP contribution in [0.1, 0.15) is 234 Å². The van der Waals surface area contributed by atoms with Gasteiger partial charge in [-0.2, -0.15) is 0 Å². The summed E-state index contributed by atoms with van der Waals surface area (Å²) < 4.78 is 46.6. The van der Waals surface area contributed by atoms with E-state index in [2.05, 4.69) is 89.5 Å². The molecule has 24 heteroatoms. The number of rotatable bonds is 30. The maximum absolute atomic E-state index is 10.7. The SMILES string of the molecule is C.C.C.C.C.C.C.C.C.C.C.C.C.C.C.C.C=C(C)C(=O)OCCC.C=C(C)C(=O)OCCC.C=C(C)C(=O)OCCC.C=C(C)C(=O)OCN(C)C.C=C(C)C(=O)OCN(C)C.C=CC(=O)OCCC.C=CC(=O)OCCC.C=CC(=O)OCCC.C=CC(=O)OCN(C)C.C=CC(=O)OCN(C)C. The summed E-state index contributed by atoms with van der Waals surface area (Å²) in [6.45, 7) is 57.4. The molecule has 0 aromatic rings. The quantitative estimate of drug-likeness (QED) is 0.0280. The van der Waals surface area contributed by atoms with Gasteiger partial charge in [-0.15, -0.1) is 0 Å². The van der Waals surface area contributed by atoms with Crippen molar-refractivity contribution in [3.05, 3.63) is 124 Å². The van der Waals surface area contributed by atoms with Gasteiger partial charge in [0.25, 0.3) is 0 Å². The molecular weight excluding hydrogens is 1350 g/mol. The molecule has 0 fully saturated rings. The fraction of sp³-hybridized carbons (Fsp3) is 0.630. The Kier molecular flexibility index (Phi) is 229. The van der Waals surface area contributed by atoms with Crippen LogP contribution in [0.3, 0.4) is 0 Å². The van der Waals surface area contributed by atoms with Crippen molar-refractivity contribution in [2.24, 2.45) is 0 Å². The normalized spacial score (nSPS) is 7.50. The lowest BCUT2D eigenvalue weighted by Crippen LogP contribution is -2.19. The van der Waals surface area contributed by atoms with Gasteiger partial charge in [0.15, 0.2) is 0 Å². The van der Waals surface area contributed by atoms with E-state index in [0.717, 1.165) is 68.9 Å². The molecule has 0 aliphatic heterocycles. The Hall–Kier alpha value is -8.06. The van der Waals surface area contributed by atoms with E-state index < -0.39 is 0 Å². The van der Waals surface area contributed by atoms with Gasteiger partial charge in [-0.3, -0.25) is 19.6 Å².